The van der Waals surface area contributed by atoms with Gasteiger partial charge in [-0.05, 0) is 26.1 Å². The van der Waals surface area contributed by atoms with Gasteiger partial charge in [-0.25, -0.2) is 0 Å². The van der Waals surface area contributed by atoms with Gasteiger partial charge in [-0.2, -0.15) is 5.10 Å². The predicted octanol–water partition coefficient (Wildman–Crippen LogP) is 0.887. The molecular formula is C9H16N4S. The normalized spacial score (nSPS) is 9.86. The first-order valence-electron chi connectivity index (χ1n) is 4.79. The summed E-state index contributed by atoms with van der Waals surface area (Å²) in [6.45, 7) is 6.56. The molecule has 78 valence electrons. The second-order valence-electron chi connectivity index (χ2n) is 2.92. The molecule has 1 aromatic rings. The summed E-state index contributed by atoms with van der Waals surface area (Å²) in [4.78, 5) is 0. The number of hydrogen-bond donors (Lipinski definition) is 2. The van der Waals surface area contributed by atoms with E-state index in [-0.39, 0.29) is 0 Å². The van der Waals surface area contributed by atoms with Crippen LogP contribution >= 0.6 is 12.2 Å². The average Bonchev–Trinajstić information content (AvgIpc) is 2.63. The Balaban J connectivity index is 2.34. The zero-order valence-electron chi connectivity index (χ0n) is 8.58. The number of aryl methyl sites for hydroxylation is 1. The summed E-state index contributed by atoms with van der Waals surface area (Å²) >= 11 is 5.04. The van der Waals surface area contributed by atoms with Crippen LogP contribution in [-0.4, -0.2) is 21.4 Å². The van der Waals surface area contributed by atoms with E-state index in [1.165, 1.54) is 0 Å². The maximum atomic E-state index is 5.04. The minimum Gasteiger partial charge on any atom is -0.363 e. The highest BCUT2D eigenvalue weighted by Gasteiger charge is 1.97. The molecule has 0 aliphatic heterocycles. The van der Waals surface area contributed by atoms with E-state index in [0.717, 1.165) is 25.2 Å². The average molecular weight is 212 g/mol. The van der Waals surface area contributed by atoms with Gasteiger partial charge in [-0.3, -0.25) is 4.68 Å². The summed E-state index contributed by atoms with van der Waals surface area (Å²) in [5.41, 5.74) is 1.15. The number of rotatable bonds is 4. The summed E-state index contributed by atoms with van der Waals surface area (Å²) < 4.78 is 1.90. The van der Waals surface area contributed by atoms with Crippen LogP contribution in [0.4, 0.5) is 0 Å². The zero-order valence-corrected chi connectivity index (χ0v) is 9.40. The first-order valence-corrected chi connectivity index (χ1v) is 5.20. The molecule has 0 radical (unpaired) electrons. The van der Waals surface area contributed by atoms with Gasteiger partial charge in [-0.1, -0.05) is 0 Å². The van der Waals surface area contributed by atoms with Crippen LogP contribution in [-0.2, 0) is 13.1 Å². The quantitative estimate of drug-likeness (QED) is 0.727. The lowest BCUT2D eigenvalue weighted by atomic mass is 10.4. The SMILES string of the molecule is CCNC(=S)NCc1cnn(CC)c1. The van der Waals surface area contributed by atoms with Crippen molar-refractivity contribution in [2.45, 2.75) is 26.9 Å². The zero-order chi connectivity index (χ0) is 10.4. The van der Waals surface area contributed by atoms with Crippen LogP contribution in [0, 0.1) is 0 Å². The van der Waals surface area contributed by atoms with Gasteiger partial charge in [0.25, 0.3) is 0 Å². The lowest BCUT2D eigenvalue weighted by molar-refractivity contribution is 0.659. The van der Waals surface area contributed by atoms with Gasteiger partial charge >= 0.3 is 0 Å². The van der Waals surface area contributed by atoms with Gasteiger partial charge in [0.2, 0.25) is 0 Å². The molecular weight excluding hydrogens is 196 g/mol. The van der Waals surface area contributed by atoms with Crippen molar-refractivity contribution in [2.75, 3.05) is 6.54 Å². The second kappa shape index (κ2) is 5.59. The maximum Gasteiger partial charge on any atom is 0.166 e. The molecule has 0 saturated heterocycles. The standard InChI is InChI=1S/C9H16N4S/c1-3-10-9(14)11-5-8-6-12-13(4-2)7-8/h6-7H,3-5H2,1-2H3,(H2,10,11,14). The monoisotopic (exact) mass is 212 g/mol. The Morgan fingerprint density at radius 3 is 2.86 bits per heavy atom. The van der Waals surface area contributed by atoms with Crippen LogP contribution in [0.3, 0.4) is 0 Å². The molecule has 0 saturated carbocycles. The lowest BCUT2D eigenvalue weighted by Crippen LogP contribution is -2.34. The van der Waals surface area contributed by atoms with Crippen molar-refractivity contribution < 1.29 is 0 Å². The highest BCUT2D eigenvalue weighted by Crippen LogP contribution is 1.96. The topological polar surface area (TPSA) is 41.9 Å². The third-order valence-electron chi connectivity index (χ3n) is 1.80. The smallest absolute Gasteiger partial charge is 0.166 e. The van der Waals surface area contributed by atoms with Crippen molar-refractivity contribution in [3.8, 4) is 0 Å². The third kappa shape index (κ3) is 3.33. The molecule has 0 atom stereocenters. The Morgan fingerprint density at radius 1 is 1.50 bits per heavy atom. The molecule has 0 aliphatic rings. The first kappa shape index (κ1) is 11.0. The van der Waals surface area contributed by atoms with Gasteiger partial charge in [0.05, 0.1) is 6.20 Å². The van der Waals surface area contributed by atoms with Crippen molar-refractivity contribution in [3.05, 3.63) is 18.0 Å². The van der Waals surface area contributed by atoms with Crippen molar-refractivity contribution in [1.29, 1.82) is 0 Å². The van der Waals surface area contributed by atoms with Crippen LogP contribution in [0.15, 0.2) is 12.4 Å². The number of nitrogens with one attached hydrogen (secondary N) is 2. The Morgan fingerprint density at radius 2 is 2.29 bits per heavy atom. The number of aromatic nitrogens is 2. The summed E-state index contributed by atoms with van der Waals surface area (Å²) in [7, 11) is 0. The molecule has 0 aromatic carbocycles. The Bertz CT molecular complexity index is 295. The van der Waals surface area contributed by atoms with E-state index in [1.807, 2.05) is 24.0 Å². The minimum absolute atomic E-state index is 0.691. The summed E-state index contributed by atoms with van der Waals surface area (Å²) in [6.07, 6.45) is 3.87. The van der Waals surface area contributed by atoms with E-state index >= 15 is 0 Å². The van der Waals surface area contributed by atoms with E-state index in [1.54, 1.807) is 0 Å². The highest BCUT2D eigenvalue weighted by atomic mass is 32.1. The van der Waals surface area contributed by atoms with Crippen molar-refractivity contribution in [2.24, 2.45) is 0 Å². The largest absolute Gasteiger partial charge is 0.363 e. The molecule has 4 nitrogen and oxygen atoms in total. The van der Waals surface area contributed by atoms with Crippen LogP contribution in [0.5, 0.6) is 0 Å². The van der Waals surface area contributed by atoms with Crippen LogP contribution in [0.25, 0.3) is 0 Å². The molecule has 0 amide bonds. The Labute approximate surface area is 89.7 Å². The maximum absolute atomic E-state index is 5.04. The molecule has 0 bridgehead atoms. The van der Waals surface area contributed by atoms with Crippen LogP contribution in [0.2, 0.25) is 0 Å². The summed E-state index contributed by atoms with van der Waals surface area (Å²) in [6, 6.07) is 0. The molecule has 0 unspecified atom stereocenters. The van der Waals surface area contributed by atoms with Crippen molar-refractivity contribution in [3.63, 3.8) is 0 Å². The van der Waals surface area contributed by atoms with E-state index in [4.69, 9.17) is 12.2 Å². The highest BCUT2D eigenvalue weighted by molar-refractivity contribution is 7.80. The predicted molar refractivity (Wildman–Crippen MR) is 61.0 cm³/mol. The lowest BCUT2D eigenvalue weighted by Gasteiger charge is -2.06. The molecule has 5 heteroatoms. The van der Waals surface area contributed by atoms with E-state index in [0.29, 0.717) is 5.11 Å². The fourth-order valence-electron chi connectivity index (χ4n) is 1.08. The van der Waals surface area contributed by atoms with E-state index < -0.39 is 0 Å². The summed E-state index contributed by atoms with van der Waals surface area (Å²) in [5.74, 6) is 0. The molecule has 1 rings (SSSR count). The molecule has 0 spiro atoms. The van der Waals surface area contributed by atoms with Gasteiger partial charge < -0.3 is 10.6 Å². The number of hydrogen-bond acceptors (Lipinski definition) is 2. The van der Waals surface area contributed by atoms with Gasteiger partial charge in [-0.15, -0.1) is 0 Å². The van der Waals surface area contributed by atoms with E-state index in [9.17, 15) is 0 Å². The molecule has 2 N–H and O–H groups in total. The van der Waals surface area contributed by atoms with Gasteiger partial charge in [0.15, 0.2) is 5.11 Å². The fourth-order valence-corrected chi connectivity index (χ4v) is 1.29. The molecule has 1 aromatic heterocycles. The molecule has 0 fully saturated rings. The van der Waals surface area contributed by atoms with Gasteiger partial charge in [0, 0.05) is 31.4 Å². The molecule has 1 heterocycles. The summed E-state index contributed by atoms with van der Waals surface area (Å²) in [5, 5.41) is 11.0. The Kier molecular flexibility index (Phi) is 4.39. The molecule has 0 aliphatic carbocycles. The molecule has 14 heavy (non-hydrogen) atoms. The first-order chi connectivity index (χ1) is 6.76. The number of nitrogens with zero attached hydrogens (tertiary/aromatic N) is 2. The minimum atomic E-state index is 0.691. The second-order valence-corrected chi connectivity index (χ2v) is 3.33. The van der Waals surface area contributed by atoms with Crippen LogP contribution in [0.1, 0.15) is 19.4 Å². The number of thiocarbonyl (C=S) groups is 1. The Hall–Kier alpha value is -1.10. The van der Waals surface area contributed by atoms with Gasteiger partial charge in [0.1, 0.15) is 0 Å². The van der Waals surface area contributed by atoms with Crippen molar-refractivity contribution in [1.82, 2.24) is 20.4 Å². The fraction of sp³-hybridized carbons (Fsp3) is 0.556. The third-order valence-corrected chi connectivity index (χ3v) is 2.09. The van der Waals surface area contributed by atoms with E-state index in [2.05, 4.69) is 22.7 Å². The van der Waals surface area contributed by atoms with Crippen molar-refractivity contribution >= 4 is 17.3 Å². The van der Waals surface area contributed by atoms with Crippen LogP contribution < -0.4 is 10.6 Å².